The smallest absolute Gasteiger partial charge is 0.269 e. The molecule has 0 bridgehead atoms. The molecule has 0 spiro atoms. The van der Waals surface area contributed by atoms with Crippen LogP contribution in [0.25, 0.3) is 0 Å². The minimum atomic E-state index is -0.144. The van der Waals surface area contributed by atoms with Crippen LogP contribution in [-0.4, -0.2) is 17.4 Å². The number of pyridine rings is 1. The minimum absolute atomic E-state index is 0.144. The topological polar surface area (TPSA) is 54.0 Å². The molecular weight excluding hydrogens is 258 g/mol. The molecular formula is C14H17N3OS. The monoisotopic (exact) mass is 275 g/mol. The number of nitrogens with zero attached hydrogens (tertiary/aromatic N) is 1. The lowest BCUT2D eigenvalue weighted by molar-refractivity contribution is 0.0951. The van der Waals surface area contributed by atoms with E-state index in [1.807, 2.05) is 19.1 Å². The highest BCUT2D eigenvalue weighted by Crippen LogP contribution is 2.22. The number of hydrogen-bond acceptors (Lipinski definition) is 4. The van der Waals surface area contributed by atoms with E-state index in [4.69, 9.17) is 0 Å². The summed E-state index contributed by atoms with van der Waals surface area (Å²) in [6.45, 7) is 4.58. The number of rotatable bonds is 5. The molecule has 2 heterocycles. The zero-order valence-electron chi connectivity index (χ0n) is 11.0. The van der Waals surface area contributed by atoms with Crippen molar-refractivity contribution in [3.05, 3.63) is 46.4 Å². The van der Waals surface area contributed by atoms with Crippen LogP contribution in [0.2, 0.25) is 0 Å². The van der Waals surface area contributed by atoms with Crippen LogP contribution in [-0.2, 0) is 0 Å². The predicted molar refractivity (Wildman–Crippen MR) is 78.6 cm³/mol. The molecule has 0 aliphatic rings. The van der Waals surface area contributed by atoms with E-state index in [-0.39, 0.29) is 11.9 Å². The average molecular weight is 275 g/mol. The van der Waals surface area contributed by atoms with Gasteiger partial charge in [0.25, 0.3) is 5.91 Å². The second-order valence-corrected chi connectivity index (χ2v) is 5.15. The van der Waals surface area contributed by atoms with Crippen molar-refractivity contribution in [3.63, 3.8) is 0 Å². The zero-order valence-corrected chi connectivity index (χ0v) is 11.8. The first kappa shape index (κ1) is 13.5. The molecule has 2 rings (SSSR count). The second kappa shape index (κ2) is 6.33. The quantitative estimate of drug-likeness (QED) is 0.881. The Morgan fingerprint density at radius 2 is 2.32 bits per heavy atom. The van der Waals surface area contributed by atoms with Gasteiger partial charge in [0.05, 0.1) is 6.04 Å². The number of hydrogen-bond donors (Lipinski definition) is 2. The maximum Gasteiger partial charge on any atom is 0.269 e. The van der Waals surface area contributed by atoms with Gasteiger partial charge in [-0.3, -0.25) is 9.78 Å². The first-order chi connectivity index (χ1) is 9.20. The average Bonchev–Trinajstić information content (AvgIpc) is 2.93. The molecule has 0 saturated carbocycles. The lowest BCUT2D eigenvalue weighted by Gasteiger charge is -2.14. The third-order valence-corrected chi connectivity index (χ3v) is 3.74. The number of aromatic nitrogens is 1. The largest absolute Gasteiger partial charge is 0.378 e. The van der Waals surface area contributed by atoms with E-state index >= 15 is 0 Å². The van der Waals surface area contributed by atoms with Crippen molar-refractivity contribution in [2.24, 2.45) is 0 Å². The van der Waals surface area contributed by atoms with Gasteiger partial charge in [0.2, 0.25) is 0 Å². The van der Waals surface area contributed by atoms with Crippen LogP contribution in [0.5, 0.6) is 0 Å². The fourth-order valence-corrected chi connectivity index (χ4v) is 2.49. The molecule has 0 saturated heterocycles. The van der Waals surface area contributed by atoms with Crippen molar-refractivity contribution in [2.75, 3.05) is 11.9 Å². The Hall–Kier alpha value is -1.88. The first-order valence-corrected chi connectivity index (χ1v) is 7.13. The van der Waals surface area contributed by atoms with Gasteiger partial charge in [0.1, 0.15) is 5.69 Å². The van der Waals surface area contributed by atoms with Gasteiger partial charge in [0, 0.05) is 23.3 Å². The molecule has 0 fully saturated rings. The second-order valence-electron chi connectivity index (χ2n) is 4.17. The van der Waals surface area contributed by atoms with Crippen molar-refractivity contribution < 1.29 is 4.79 Å². The molecule has 5 heteroatoms. The van der Waals surface area contributed by atoms with E-state index in [2.05, 4.69) is 34.0 Å². The van der Waals surface area contributed by atoms with E-state index in [1.165, 1.54) is 4.88 Å². The molecule has 19 heavy (non-hydrogen) atoms. The summed E-state index contributed by atoms with van der Waals surface area (Å²) in [4.78, 5) is 17.1. The normalized spacial score (nSPS) is 11.9. The molecule has 0 aliphatic carbocycles. The van der Waals surface area contributed by atoms with Crippen molar-refractivity contribution in [3.8, 4) is 0 Å². The van der Waals surface area contributed by atoms with Gasteiger partial charge in [-0.25, -0.2) is 0 Å². The molecule has 1 unspecified atom stereocenters. The summed E-state index contributed by atoms with van der Waals surface area (Å²) in [7, 11) is 0. The van der Waals surface area contributed by atoms with Crippen molar-refractivity contribution >= 4 is 22.9 Å². The van der Waals surface area contributed by atoms with Gasteiger partial charge < -0.3 is 10.6 Å². The highest BCUT2D eigenvalue weighted by Gasteiger charge is 2.09. The van der Waals surface area contributed by atoms with Gasteiger partial charge >= 0.3 is 0 Å². The minimum Gasteiger partial charge on any atom is -0.378 e. The number of amides is 1. The summed E-state index contributed by atoms with van der Waals surface area (Å²) in [6.07, 6.45) is 1.65. The summed E-state index contributed by atoms with van der Waals surface area (Å²) in [5.41, 5.74) is 1.34. The SMILES string of the molecule is CCNC(=O)c1cc(NC(C)c2cccs2)ccn1. The van der Waals surface area contributed by atoms with Crippen LogP contribution >= 0.6 is 11.3 Å². The Kier molecular flexibility index (Phi) is 4.52. The maximum absolute atomic E-state index is 11.7. The molecule has 1 amide bonds. The van der Waals surface area contributed by atoms with Crippen molar-refractivity contribution in [2.45, 2.75) is 19.9 Å². The number of anilines is 1. The third kappa shape index (κ3) is 3.54. The Balaban J connectivity index is 2.09. The van der Waals surface area contributed by atoms with Crippen molar-refractivity contribution in [1.29, 1.82) is 0 Å². The molecule has 2 aromatic heterocycles. The molecule has 0 aliphatic heterocycles. The number of thiophene rings is 1. The molecule has 4 nitrogen and oxygen atoms in total. The Labute approximate surface area is 116 Å². The Bertz CT molecular complexity index is 539. The Morgan fingerprint density at radius 1 is 1.47 bits per heavy atom. The summed E-state index contributed by atoms with van der Waals surface area (Å²) >= 11 is 1.71. The number of carbonyl (C=O) groups is 1. The van der Waals surface area contributed by atoms with Gasteiger partial charge in [-0.05, 0) is 37.4 Å². The fraction of sp³-hybridized carbons (Fsp3) is 0.286. The lowest BCUT2D eigenvalue weighted by atomic mass is 10.2. The number of carbonyl (C=O) groups excluding carboxylic acids is 1. The van der Waals surface area contributed by atoms with Crippen LogP contribution in [0.1, 0.15) is 35.3 Å². The molecule has 100 valence electrons. The highest BCUT2D eigenvalue weighted by atomic mass is 32.1. The summed E-state index contributed by atoms with van der Waals surface area (Å²) in [6, 6.07) is 7.98. The third-order valence-electron chi connectivity index (χ3n) is 2.68. The van der Waals surface area contributed by atoms with E-state index in [0.717, 1.165) is 5.69 Å². The number of nitrogens with one attached hydrogen (secondary N) is 2. The van der Waals surface area contributed by atoms with Crippen LogP contribution in [0.4, 0.5) is 5.69 Å². The standard InChI is InChI=1S/C14H17N3OS/c1-3-15-14(18)12-9-11(6-7-16-12)17-10(2)13-5-4-8-19-13/h4-10H,3H2,1-2H3,(H,15,18)(H,16,17). The summed E-state index contributed by atoms with van der Waals surface area (Å²) in [5.74, 6) is -0.144. The molecule has 2 N–H and O–H groups in total. The summed E-state index contributed by atoms with van der Waals surface area (Å²) in [5, 5.41) is 8.17. The molecule has 2 aromatic rings. The summed E-state index contributed by atoms with van der Waals surface area (Å²) < 4.78 is 0. The van der Waals surface area contributed by atoms with Gasteiger partial charge in [-0.15, -0.1) is 11.3 Å². The van der Waals surface area contributed by atoms with Crippen molar-refractivity contribution in [1.82, 2.24) is 10.3 Å². The van der Waals surface area contributed by atoms with Crippen LogP contribution in [0.15, 0.2) is 35.8 Å². The maximum atomic E-state index is 11.7. The first-order valence-electron chi connectivity index (χ1n) is 6.25. The molecule has 0 radical (unpaired) electrons. The van der Waals surface area contributed by atoms with Gasteiger partial charge in [0.15, 0.2) is 0 Å². The molecule has 1 atom stereocenters. The van der Waals surface area contributed by atoms with E-state index in [0.29, 0.717) is 12.2 Å². The van der Waals surface area contributed by atoms with Crippen LogP contribution < -0.4 is 10.6 Å². The van der Waals surface area contributed by atoms with Crippen LogP contribution in [0.3, 0.4) is 0 Å². The van der Waals surface area contributed by atoms with Gasteiger partial charge in [-0.1, -0.05) is 6.07 Å². The van der Waals surface area contributed by atoms with E-state index < -0.39 is 0 Å². The lowest BCUT2D eigenvalue weighted by Crippen LogP contribution is -2.23. The van der Waals surface area contributed by atoms with Gasteiger partial charge in [-0.2, -0.15) is 0 Å². The van der Waals surface area contributed by atoms with E-state index in [1.54, 1.807) is 23.6 Å². The van der Waals surface area contributed by atoms with Crippen LogP contribution in [0, 0.1) is 0 Å². The van der Waals surface area contributed by atoms with E-state index in [9.17, 15) is 4.79 Å². The highest BCUT2D eigenvalue weighted by molar-refractivity contribution is 7.10. The molecule has 0 aromatic carbocycles. The zero-order chi connectivity index (χ0) is 13.7. The predicted octanol–water partition coefficient (Wildman–Crippen LogP) is 3.07. The Morgan fingerprint density at radius 3 is 3.00 bits per heavy atom. The fourth-order valence-electron chi connectivity index (χ4n) is 1.75.